The van der Waals surface area contributed by atoms with Gasteiger partial charge in [-0.2, -0.15) is 0 Å². The van der Waals surface area contributed by atoms with Crippen molar-refractivity contribution in [1.29, 1.82) is 0 Å². The first-order valence-corrected chi connectivity index (χ1v) is 6.07. The van der Waals surface area contributed by atoms with Crippen molar-refractivity contribution < 1.29 is 9.21 Å². The van der Waals surface area contributed by atoms with E-state index in [0.717, 1.165) is 11.3 Å². The van der Waals surface area contributed by atoms with E-state index in [1.54, 1.807) is 31.2 Å². The van der Waals surface area contributed by atoms with E-state index >= 15 is 0 Å². The van der Waals surface area contributed by atoms with Gasteiger partial charge < -0.3 is 9.73 Å². The highest BCUT2D eigenvalue weighted by Crippen LogP contribution is 2.17. The van der Waals surface area contributed by atoms with Gasteiger partial charge in [0.25, 0.3) is 5.91 Å². The van der Waals surface area contributed by atoms with Gasteiger partial charge in [-0.05, 0) is 43.7 Å². The van der Waals surface area contributed by atoms with Crippen LogP contribution in [0.3, 0.4) is 0 Å². The molecule has 1 unspecified atom stereocenters. The SMILES string of the molecule is Cc1ccc(C(=O)NC(C)c2ccc(Cl)cc2)o1. The van der Waals surface area contributed by atoms with Crippen LogP contribution in [0.25, 0.3) is 0 Å². The zero-order chi connectivity index (χ0) is 13.1. The van der Waals surface area contributed by atoms with E-state index in [9.17, 15) is 4.79 Å². The molecule has 1 aromatic heterocycles. The highest BCUT2D eigenvalue weighted by molar-refractivity contribution is 6.30. The predicted octanol–water partition coefficient (Wildman–Crippen LogP) is 3.73. The van der Waals surface area contributed by atoms with Crippen LogP contribution in [0.5, 0.6) is 0 Å². The van der Waals surface area contributed by atoms with Crippen LogP contribution in [-0.4, -0.2) is 5.91 Å². The van der Waals surface area contributed by atoms with E-state index in [-0.39, 0.29) is 11.9 Å². The summed E-state index contributed by atoms with van der Waals surface area (Å²) in [6, 6.07) is 10.7. The van der Waals surface area contributed by atoms with Crippen molar-refractivity contribution in [1.82, 2.24) is 5.32 Å². The van der Waals surface area contributed by atoms with Crippen LogP contribution >= 0.6 is 11.6 Å². The number of rotatable bonds is 3. The zero-order valence-corrected chi connectivity index (χ0v) is 11.0. The molecule has 0 aliphatic heterocycles. The lowest BCUT2D eigenvalue weighted by molar-refractivity contribution is 0.0910. The zero-order valence-electron chi connectivity index (χ0n) is 10.2. The molecule has 0 fully saturated rings. The molecule has 1 atom stereocenters. The van der Waals surface area contributed by atoms with Crippen molar-refractivity contribution in [3.63, 3.8) is 0 Å². The van der Waals surface area contributed by atoms with E-state index in [0.29, 0.717) is 10.8 Å². The Morgan fingerprint density at radius 1 is 1.22 bits per heavy atom. The van der Waals surface area contributed by atoms with Gasteiger partial charge in [0.15, 0.2) is 5.76 Å². The second-order valence-electron chi connectivity index (χ2n) is 4.16. The molecular formula is C14H14ClNO2. The fourth-order valence-electron chi connectivity index (χ4n) is 1.66. The topological polar surface area (TPSA) is 42.2 Å². The average molecular weight is 264 g/mol. The number of carbonyl (C=O) groups excluding carboxylic acids is 1. The van der Waals surface area contributed by atoms with Gasteiger partial charge in [-0.1, -0.05) is 23.7 Å². The molecule has 0 radical (unpaired) electrons. The Morgan fingerprint density at radius 2 is 1.89 bits per heavy atom. The number of amides is 1. The molecule has 0 bridgehead atoms. The molecule has 0 saturated heterocycles. The van der Waals surface area contributed by atoms with Crippen molar-refractivity contribution in [2.75, 3.05) is 0 Å². The second-order valence-corrected chi connectivity index (χ2v) is 4.59. The maximum atomic E-state index is 11.9. The molecule has 0 aliphatic rings. The Balaban J connectivity index is 2.05. The summed E-state index contributed by atoms with van der Waals surface area (Å²) in [5, 5.41) is 3.55. The molecule has 2 aromatic rings. The van der Waals surface area contributed by atoms with Gasteiger partial charge in [-0.15, -0.1) is 0 Å². The summed E-state index contributed by atoms with van der Waals surface area (Å²) in [4.78, 5) is 11.9. The molecule has 94 valence electrons. The number of nitrogens with one attached hydrogen (secondary N) is 1. The highest BCUT2D eigenvalue weighted by atomic mass is 35.5. The first-order chi connectivity index (χ1) is 8.56. The molecular weight excluding hydrogens is 250 g/mol. The summed E-state index contributed by atoms with van der Waals surface area (Å²) < 4.78 is 5.27. The minimum Gasteiger partial charge on any atom is -0.456 e. The minimum atomic E-state index is -0.217. The third kappa shape index (κ3) is 2.93. The van der Waals surface area contributed by atoms with E-state index in [2.05, 4.69) is 5.32 Å². The van der Waals surface area contributed by atoms with Crippen LogP contribution in [0.15, 0.2) is 40.8 Å². The van der Waals surface area contributed by atoms with Crippen LogP contribution < -0.4 is 5.32 Å². The second kappa shape index (κ2) is 5.27. The first-order valence-electron chi connectivity index (χ1n) is 5.69. The molecule has 0 aliphatic carbocycles. The van der Waals surface area contributed by atoms with Crippen LogP contribution in [0, 0.1) is 6.92 Å². The van der Waals surface area contributed by atoms with Crippen molar-refractivity contribution in [3.05, 3.63) is 58.5 Å². The summed E-state index contributed by atoms with van der Waals surface area (Å²) in [6.45, 7) is 3.72. The smallest absolute Gasteiger partial charge is 0.287 e. The summed E-state index contributed by atoms with van der Waals surface area (Å²) in [5.41, 5.74) is 0.996. The molecule has 0 spiro atoms. The lowest BCUT2D eigenvalue weighted by Gasteiger charge is -2.13. The Hall–Kier alpha value is -1.74. The number of furan rings is 1. The molecule has 1 amide bonds. The molecule has 2 rings (SSSR count). The van der Waals surface area contributed by atoms with Crippen LogP contribution in [-0.2, 0) is 0 Å². The maximum absolute atomic E-state index is 11.9. The van der Waals surface area contributed by atoms with Crippen molar-refractivity contribution in [3.8, 4) is 0 Å². The highest BCUT2D eigenvalue weighted by Gasteiger charge is 2.14. The Bertz CT molecular complexity index is 545. The predicted molar refractivity (Wildman–Crippen MR) is 70.8 cm³/mol. The summed E-state index contributed by atoms with van der Waals surface area (Å²) in [7, 11) is 0. The van der Waals surface area contributed by atoms with Crippen LogP contribution in [0.1, 0.15) is 34.8 Å². The van der Waals surface area contributed by atoms with Gasteiger partial charge in [0, 0.05) is 5.02 Å². The molecule has 1 aromatic carbocycles. The van der Waals surface area contributed by atoms with E-state index in [1.165, 1.54) is 0 Å². The molecule has 0 saturated carbocycles. The van der Waals surface area contributed by atoms with Gasteiger partial charge in [-0.25, -0.2) is 0 Å². The largest absolute Gasteiger partial charge is 0.456 e. The molecule has 1 N–H and O–H groups in total. The number of benzene rings is 1. The molecule has 18 heavy (non-hydrogen) atoms. The van der Waals surface area contributed by atoms with Gasteiger partial charge in [0.1, 0.15) is 5.76 Å². The van der Waals surface area contributed by atoms with E-state index in [1.807, 2.05) is 19.1 Å². The number of hydrogen-bond donors (Lipinski definition) is 1. The average Bonchev–Trinajstić information content (AvgIpc) is 2.76. The quantitative estimate of drug-likeness (QED) is 0.917. The summed E-state index contributed by atoms with van der Waals surface area (Å²) in [6.07, 6.45) is 0. The lowest BCUT2D eigenvalue weighted by atomic mass is 10.1. The fourth-order valence-corrected chi connectivity index (χ4v) is 1.79. The van der Waals surface area contributed by atoms with Gasteiger partial charge in [-0.3, -0.25) is 4.79 Å². The normalized spacial score (nSPS) is 12.2. The number of halogens is 1. The Morgan fingerprint density at radius 3 is 2.44 bits per heavy atom. The van der Waals surface area contributed by atoms with E-state index < -0.39 is 0 Å². The summed E-state index contributed by atoms with van der Waals surface area (Å²) in [5.74, 6) is 0.832. The van der Waals surface area contributed by atoms with Crippen LogP contribution in [0.4, 0.5) is 0 Å². The van der Waals surface area contributed by atoms with E-state index in [4.69, 9.17) is 16.0 Å². The molecule has 4 heteroatoms. The molecule has 1 heterocycles. The third-order valence-corrected chi connectivity index (χ3v) is 2.93. The third-order valence-electron chi connectivity index (χ3n) is 2.68. The Labute approximate surface area is 111 Å². The van der Waals surface area contributed by atoms with Gasteiger partial charge >= 0.3 is 0 Å². The van der Waals surface area contributed by atoms with Crippen molar-refractivity contribution >= 4 is 17.5 Å². The van der Waals surface area contributed by atoms with Crippen LogP contribution in [0.2, 0.25) is 5.02 Å². The van der Waals surface area contributed by atoms with Gasteiger partial charge in [0.2, 0.25) is 0 Å². The fraction of sp³-hybridized carbons (Fsp3) is 0.214. The lowest BCUT2D eigenvalue weighted by Crippen LogP contribution is -2.26. The van der Waals surface area contributed by atoms with Crippen molar-refractivity contribution in [2.45, 2.75) is 19.9 Å². The summed E-state index contributed by atoms with van der Waals surface area (Å²) >= 11 is 5.82. The Kier molecular flexibility index (Phi) is 3.72. The number of carbonyl (C=O) groups is 1. The monoisotopic (exact) mass is 263 g/mol. The standard InChI is InChI=1S/C14H14ClNO2/c1-9-3-8-13(18-9)14(17)16-10(2)11-4-6-12(15)7-5-11/h3-8,10H,1-2H3,(H,16,17). The first kappa shape index (κ1) is 12.7. The minimum absolute atomic E-state index is 0.0971. The number of hydrogen-bond acceptors (Lipinski definition) is 2. The van der Waals surface area contributed by atoms with Crippen molar-refractivity contribution in [2.24, 2.45) is 0 Å². The molecule has 3 nitrogen and oxygen atoms in total. The van der Waals surface area contributed by atoms with Gasteiger partial charge in [0.05, 0.1) is 6.04 Å². The number of aryl methyl sites for hydroxylation is 1. The maximum Gasteiger partial charge on any atom is 0.287 e.